The molecule has 94 valence electrons. The summed E-state index contributed by atoms with van der Waals surface area (Å²) in [6.07, 6.45) is 1.71. The van der Waals surface area contributed by atoms with Gasteiger partial charge >= 0.3 is 0 Å². The van der Waals surface area contributed by atoms with Gasteiger partial charge < -0.3 is 10.5 Å². The number of rotatable bonds is 5. The summed E-state index contributed by atoms with van der Waals surface area (Å²) in [7, 11) is 0. The van der Waals surface area contributed by atoms with Crippen molar-refractivity contribution in [3.05, 3.63) is 48.4 Å². The van der Waals surface area contributed by atoms with Gasteiger partial charge in [0.1, 0.15) is 5.82 Å². The fourth-order valence-corrected chi connectivity index (χ4v) is 2.04. The molecule has 0 bridgehead atoms. The SMILES string of the molecule is Nc1ccc(SCCOc2ccccc2F)cn1. The van der Waals surface area contributed by atoms with Crippen LogP contribution >= 0.6 is 11.8 Å². The molecular weight excluding hydrogens is 251 g/mol. The fraction of sp³-hybridized carbons (Fsp3) is 0.154. The molecule has 2 aromatic rings. The number of nitrogen functional groups attached to an aromatic ring is 1. The maximum atomic E-state index is 13.2. The van der Waals surface area contributed by atoms with Crippen LogP contribution in [0.5, 0.6) is 5.75 Å². The molecule has 0 spiro atoms. The first-order valence-electron chi connectivity index (χ1n) is 5.47. The lowest BCUT2D eigenvalue weighted by atomic mass is 10.3. The Balaban J connectivity index is 1.76. The van der Waals surface area contributed by atoms with Crippen LogP contribution in [0.25, 0.3) is 0 Å². The van der Waals surface area contributed by atoms with Crippen molar-refractivity contribution in [2.24, 2.45) is 0 Å². The number of ether oxygens (including phenoxy) is 1. The third-order valence-corrected chi connectivity index (χ3v) is 3.15. The maximum absolute atomic E-state index is 13.2. The van der Waals surface area contributed by atoms with Gasteiger partial charge in [0.2, 0.25) is 0 Å². The molecule has 1 aromatic heterocycles. The highest BCUT2D eigenvalue weighted by Gasteiger charge is 2.01. The molecule has 0 fully saturated rings. The number of pyridine rings is 1. The summed E-state index contributed by atoms with van der Waals surface area (Å²) in [5, 5.41) is 0. The van der Waals surface area contributed by atoms with Crippen LogP contribution in [0, 0.1) is 5.82 Å². The van der Waals surface area contributed by atoms with Crippen LogP contribution in [0.4, 0.5) is 10.2 Å². The van der Waals surface area contributed by atoms with E-state index in [1.54, 1.807) is 42.2 Å². The van der Waals surface area contributed by atoms with Crippen molar-refractivity contribution in [2.45, 2.75) is 4.90 Å². The topological polar surface area (TPSA) is 48.1 Å². The number of hydrogen-bond donors (Lipinski definition) is 1. The average Bonchev–Trinajstić information content (AvgIpc) is 2.39. The van der Waals surface area contributed by atoms with E-state index in [-0.39, 0.29) is 11.6 Å². The van der Waals surface area contributed by atoms with Gasteiger partial charge in [-0.15, -0.1) is 11.8 Å². The molecule has 0 atom stereocenters. The van der Waals surface area contributed by atoms with E-state index in [4.69, 9.17) is 10.5 Å². The first kappa shape index (κ1) is 12.7. The van der Waals surface area contributed by atoms with Gasteiger partial charge in [-0.3, -0.25) is 0 Å². The molecule has 18 heavy (non-hydrogen) atoms. The van der Waals surface area contributed by atoms with Gasteiger partial charge in [-0.05, 0) is 24.3 Å². The van der Waals surface area contributed by atoms with Crippen molar-refractivity contribution in [1.82, 2.24) is 4.98 Å². The van der Waals surface area contributed by atoms with E-state index in [9.17, 15) is 4.39 Å². The minimum atomic E-state index is -0.336. The fourth-order valence-electron chi connectivity index (χ4n) is 1.35. The second-order valence-corrected chi connectivity index (χ2v) is 4.71. The average molecular weight is 264 g/mol. The summed E-state index contributed by atoms with van der Waals surface area (Å²) in [5.41, 5.74) is 5.49. The number of nitrogens with zero attached hydrogens (tertiary/aromatic N) is 1. The number of nitrogens with two attached hydrogens (primary N) is 1. The second kappa shape index (κ2) is 6.26. The van der Waals surface area contributed by atoms with Gasteiger partial charge in [0.15, 0.2) is 11.6 Å². The number of benzene rings is 1. The first-order valence-corrected chi connectivity index (χ1v) is 6.46. The van der Waals surface area contributed by atoms with Gasteiger partial charge in [-0.25, -0.2) is 9.37 Å². The molecule has 0 unspecified atom stereocenters. The van der Waals surface area contributed by atoms with Crippen molar-refractivity contribution in [1.29, 1.82) is 0 Å². The van der Waals surface area contributed by atoms with E-state index in [1.807, 2.05) is 6.07 Å². The first-order chi connectivity index (χ1) is 8.75. The van der Waals surface area contributed by atoms with Crippen molar-refractivity contribution >= 4 is 17.6 Å². The zero-order chi connectivity index (χ0) is 12.8. The summed E-state index contributed by atoms with van der Waals surface area (Å²) < 4.78 is 18.6. The third-order valence-electron chi connectivity index (χ3n) is 2.21. The van der Waals surface area contributed by atoms with Crippen molar-refractivity contribution in [3.8, 4) is 5.75 Å². The van der Waals surface area contributed by atoms with Crippen LogP contribution in [0.2, 0.25) is 0 Å². The zero-order valence-electron chi connectivity index (χ0n) is 9.67. The molecule has 0 radical (unpaired) electrons. The predicted octanol–water partition coefficient (Wildman–Crippen LogP) is 2.97. The molecule has 0 saturated heterocycles. The van der Waals surface area contributed by atoms with Crippen LogP contribution in [0.3, 0.4) is 0 Å². The Morgan fingerprint density at radius 2 is 2.06 bits per heavy atom. The molecule has 2 rings (SSSR count). The molecule has 3 nitrogen and oxygen atoms in total. The lowest BCUT2D eigenvalue weighted by Gasteiger charge is -2.06. The van der Waals surface area contributed by atoms with E-state index < -0.39 is 0 Å². The Hall–Kier alpha value is -1.75. The molecule has 5 heteroatoms. The smallest absolute Gasteiger partial charge is 0.165 e. The van der Waals surface area contributed by atoms with Gasteiger partial charge in [0, 0.05) is 16.8 Å². The van der Waals surface area contributed by atoms with Gasteiger partial charge in [-0.1, -0.05) is 12.1 Å². The Bertz CT molecular complexity index is 505. The van der Waals surface area contributed by atoms with Crippen LogP contribution in [0.15, 0.2) is 47.5 Å². The standard InChI is InChI=1S/C13H13FN2OS/c14-11-3-1-2-4-12(11)17-7-8-18-10-5-6-13(15)16-9-10/h1-6,9H,7-8H2,(H2,15,16). The Morgan fingerprint density at radius 3 is 2.78 bits per heavy atom. The quantitative estimate of drug-likeness (QED) is 0.666. The molecular formula is C13H13FN2OS. The second-order valence-electron chi connectivity index (χ2n) is 3.55. The van der Waals surface area contributed by atoms with Crippen LogP contribution in [-0.4, -0.2) is 17.3 Å². The van der Waals surface area contributed by atoms with E-state index in [0.717, 1.165) is 10.6 Å². The minimum absolute atomic E-state index is 0.286. The Labute approximate surface area is 109 Å². The van der Waals surface area contributed by atoms with Crippen molar-refractivity contribution < 1.29 is 9.13 Å². The maximum Gasteiger partial charge on any atom is 0.165 e. The van der Waals surface area contributed by atoms with Crippen molar-refractivity contribution in [3.63, 3.8) is 0 Å². The highest BCUT2D eigenvalue weighted by atomic mass is 32.2. The van der Waals surface area contributed by atoms with E-state index >= 15 is 0 Å². The van der Waals surface area contributed by atoms with Gasteiger partial charge in [0.05, 0.1) is 6.61 Å². The van der Waals surface area contributed by atoms with Crippen molar-refractivity contribution in [2.75, 3.05) is 18.1 Å². The zero-order valence-corrected chi connectivity index (χ0v) is 10.5. The summed E-state index contributed by atoms with van der Waals surface area (Å²) >= 11 is 1.59. The monoisotopic (exact) mass is 264 g/mol. The summed E-state index contributed by atoms with van der Waals surface area (Å²) in [6.45, 7) is 0.440. The van der Waals surface area contributed by atoms with E-state index in [1.165, 1.54) is 6.07 Å². The molecule has 0 aliphatic heterocycles. The summed E-state index contributed by atoms with van der Waals surface area (Å²) in [4.78, 5) is 5.00. The molecule has 0 aliphatic carbocycles. The molecule has 2 N–H and O–H groups in total. The summed E-state index contributed by atoms with van der Waals surface area (Å²) in [6, 6.07) is 10.0. The van der Waals surface area contributed by atoms with E-state index in [2.05, 4.69) is 4.98 Å². The largest absolute Gasteiger partial charge is 0.490 e. The Morgan fingerprint density at radius 1 is 1.22 bits per heavy atom. The highest BCUT2D eigenvalue weighted by molar-refractivity contribution is 7.99. The summed E-state index contributed by atoms with van der Waals surface area (Å²) in [5.74, 6) is 1.17. The predicted molar refractivity (Wildman–Crippen MR) is 71.3 cm³/mol. The molecule has 1 aromatic carbocycles. The molecule has 0 aliphatic rings. The number of thioether (sulfide) groups is 1. The third kappa shape index (κ3) is 3.63. The number of hydrogen-bond acceptors (Lipinski definition) is 4. The minimum Gasteiger partial charge on any atom is -0.490 e. The van der Waals surface area contributed by atoms with Gasteiger partial charge in [0.25, 0.3) is 0 Å². The normalized spacial score (nSPS) is 10.3. The molecule has 1 heterocycles. The number of halogens is 1. The lowest BCUT2D eigenvalue weighted by molar-refractivity contribution is 0.325. The molecule has 0 amide bonds. The van der Waals surface area contributed by atoms with E-state index in [0.29, 0.717) is 12.4 Å². The number of aromatic nitrogens is 1. The number of anilines is 1. The van der Waals surface area contributed by atoms with Crippen LogP contribution in [-0.2, 0) is 0 Å². The Kier molecular flexibility index (Phi) is 4.41. The van der Waals surface area contributed by atoms with Crippen LogP contribution < -0.4 is 10.5 Å². The van der Waals surface area contributed by atoms with Gasteiger partial charge in [-0.2, -0.15) is 0 Å². The highest BCUT2D eigenvalue weighted by Crippen LogP contribution is 2.19. The molecule has 0 saturated carbocycles. The lowest BCUT2D eigenvalue weighted by Crippen LogP contribution is -2.01. The number of para-hydroxylation sites is 1. The van der Waals surface area contributed by atoms with Crippen LogP contribution in [0.1, 0.15) is 0 Å².